The SMILES string of the molecule is O=C1C=C2C=C(c3ccc(Cl)c(Cl)c3)[C@@H]3C[C@@]2(O1)[C@H]1CCCCN31. The fourth-order valence-corrected chi connectivity index (χ4v) is 5.27. The van der Waals surface area contributed by atoms with Gasteiger partial charge in [0.05, 0.1) is 16.1 Å². The lowest BCUT2D eigenvalue weighted by molar-refractivity contribution is -0.148. The molecule has 4 aliphatic rings. The highest BCUT2D eigenvalue weighted by molar-refractivity contribution is 6.42. The average Bonchev–Trinajstić information content (AvgIpc) is 3.05. The van der Waals surface area contributed by atoms with Gasteiger partial charge in [0.15, 0.2) is 5.60 Å². The molecule has 2 bridgehead atoms. The first-order valence-corrected chi connectivity index (χ1v) is 9.22. The lowest BCUT2D eigenvalue weighted by Crippen LogP contribution is -2.48. The third-order valence-electron chi connectivity index (χ3n) is 5.95. The molecule has 24 heavy (non-hydrogen) atoms. The van der Waals surface area contributed by atoms with E-state index in [-0.39, 0.29) is 12.0 Å². The summed E-state index contributed by atoms with van der Waals surface area (Å²) in [6.07, 6.45) is 8.15. The van der Waals surface area contributed by atoms with Crippen molar-refractivity contribution < 1.29 is 9.53 Å². The third-order valence-corrected chi connectivity index (χ3v) is 6.69. The van der Waals surface area contributed by atoms with Crippen LogP contribution in [0.1, 0.15) is 31.2 Å². The van der Waals surface area contributed by atoms with Gasteiger partial charge in [-0.25, -0.2) is 4.79 Å². The number of fused-ring (bicyclic) bond motifs is 3. The van der Waals surface area contributed by atoms with Crippen LogP contribution in [0, 0.1) is 0 Å². The number of hydrogen-bond donors (Lipinski definition) is 0. The standard InChI is InChI=1S/C19H17Cl2NO2/c20-14-5-4-11(7-15(14)21)13-8-12-9-18(23)24-19(12)10-16(13)22-6-2-1-3-17(19)22/h4-5,7-9,16-17H,1-3,6,10H2/t16-,17+,19-/m0/s1. The molecular weight excluding hydrogens is 345 g/mol. The Bertz CT molecular complexity index is 816. The molecule has 3 atom stereocenters. The van der Waals surface area contributed by atoms with E-state index in [1.165, 1.54) is 18.4 Å². The minimum Gasteiger partial charge on any atom is -0.449 e. The van der Waals surface area contributed by atoms with Crippen molar-refractivity contribution in [3.63, 3.8) is 0 Å². The van der Waals surface area contributed by atoms with Crippen LogP contribution in [0.25, 0.3) is 5.57 Å². The predicted molar refractivity (Wildman–Crippen MR) is 94.1 cm³/mol. The summed E-state index contributed by atoms with van der Waals surface area (Å²) in [7, 11) is 0. The smallest absolute Gasteiger partial charge is 0.332 e. The number of ether oxygens (including phenoxy) is 1. The van der Waals surface area contributed by atoms with Crippen molar-refractivity contribution in [2.75, 3.05) is 6.54 Å². The van der Waals surface area contributed by atoms with Crippen LogP contribution < -0.4 is 0 Å². The van der Waals surface area contributed by atoms with Crippen LogP contribution in [0.2, 0.25) is 10.0 Å². The Balaban J connectivity index is 1.66. The minimum atomic E-state index is -0.429. The van der Waals surface area contributed by atoms with Gasteiger partial charge in [0.2, 0.25) is 0 Å². The van der Waals surface area contributed by atoms with E-state index in [1.807, 2.05) is 18.2 Å². The number of piperidine rings is 1. The van der Waals surface area contributed by atoms with Crippen LogP contribution in [0.15, 0.2) is 35.9 Å². The molecule has 1 aliphatic carbocycles. The molecule has 3 aliphatic heterocycles. The molecule has 0 saturated carbocycles. The molecule has 0 amide bonds. The zero-order valence-electron chi connectivity index (χ0n) is 13.1. The maximum atomic E-state index is 12.0. The maximum Gasteiger partial charge on any atom is 0.332 e. The van der Waals surface area contributed by atoms with Crippen LogP contribution in [0.4, 0.5) is 0 Å². The van der Waals surface area contributed by atoms with Crippen molar-refractivity contribution in [1.29, 1.82) is 0 Å². The average molecular weight is 362 g/mol. The van der Waals surface area contributed by atoms with Gasteiger partial charge in [0.25, 0.3) is 0 Å². The number of esters is 1. The minimum absolute atomic E-state index is 0.206. The highest BCUT2D eigenvalue weighted by Gasteiger charge is 2.61. The van der Waals surface area contributed by atoms with Crippen molar-refractivity contribution in [3.05, 3.63) is 51.5 Å². The van der Waals surface area contributed by atoms with Crippen LogP contribution in [-0.4, -0.2) is 35.1 Å². The van der Waals surface area contributed by atoms with Crippen LogP contribution >= 0.6 is 23.2 Å². The molecule has 3 nitrogen and oxygen atoms in total. The Morgan fingerprint density at radius 3 is 2.88 bits per heavy atom. The van der Waals surface area contributed by atoms with Crippen molar-refractivity contribution >= 4 is 34.7 Å². The summed E-state index contributed by atoms with van der Waals surface area (Å²) in [5, 5.41) is 1.12. The van der Waals surface area contributed by atoms with Crippen molar-refractivity contribution in [2.24, 2.45) is 0 Å². The summed E-state index contributed by atoms with van der Waals surface area (Å²) in [6, 6.07) is 6.36. The second-order valence-corrected chi connectivity index (χ2v) is 7.92. The van der Waals surface area contributed by atoms with Crippen LogP contribution in [0.3, 0.4) is 0 Å². The second-order valence-electron chi connectivity index (χ2n) is 7.11. The largest absolute Gasteiger partial charge is 0.449 e. The summed E-state index contributed by atoms with van der Waals surface area (Å²) >= 11 is 12.3. The number of benzene rings is 1. The molecule has 0 radical (unpaired) electrons. The van der Waals surface area contributed by atoms with Gasteiger partial charge < -0.3 is 4.74 Å². The lowest BCUT2D eigenvalue weighted by atomic mass is 9.77. The molecule has 0 N–H and O–H groups in total. The van der Waals surface area contributed by atoms with Gasteiger partial charge >= 0.3 is 5.97 Å². The number of nitrogens with zero attached hydrogens (tertiary/aromatic N) is 1. The molecule has 124 valence electrons. The van der Waals surface area contributed by atoms with E-state index in [9.17, 15) is 4.79 Å². The third kappa shape index (κ3) is 1.92. The van der Waals surface area contributed by atoms with Crippen molar-refractivity contribution in [1.82, 2.24) is 4.90 Å². The zero-order chi connectivity index (χ0) is 16.5. The van der Waals surface area contributed by atoms with Gasteiger partial charge in [0.1, 0.15) is 0 Å². The summed E-state index contributed by atoms with van der Waals surface area (Å²) in [4.78, 5) is 14.6. The first-order chi connectivity index (χ1) is 11.6. The molecular formula is C19H17Cl2NO2. The summed E-state index contributed by atoms with van der Waals surface area (Å²) in [5.41, 5.74) is 2.90. The normalized spacial score (nSPS) is 34.3. The molecule has 1 aromatic rings. The predicted octanol–water partition coefficient (Wildman–Crippen LogP) is 4.24. The van der Waals surface area contributed by atoms with E-state index in [2.05, 4.69) is 11.0 Å². The van der Waals surface area contributed by atoms with E-state index < -0.39 is 5.60 Å². The molecule has 3 heterocycles. The van der Waals surface area contributed by atoms with E-state index in [0.717, 1.165) is 30.5 Å². The molecule has 5 heteroatoms. The number of rotatable bonds is 1. The Hall–Kier alpha value is -1.29. The number of hydrogen-bond acceptors (Lipinski definition) is 3. The molecule has 1 aromatic carbocycles. The van der Waals surface area contributed by atoms with E-state index >= 15 is 0 Å². The maximum absolute atomic E-state index is 12.0. The van der Waals surface area contributed by atoms with Gasteiger partial charge in [-0.15, -0.1) is 0 Å². The van der Waals surface area contributed by atoms with Gasteiger partial charge in [-0.1, -0.05) is 35.7 Å². The van der Waals surface area contributed by atoms with Crippen molar-refractivity contribution in [2.45, 2.75) is 43.4 Å². The van der Waals surface area contributed by atoms with E-state index in [1.54, 1.807) is 6.08 Å². The lowest BCUT2D eigenvalue weighted by Gasteiger charge is -2.37. The first kappa shape index (κ1) is 15.0. The Morgan fingerprint density at radius 2 is 2.04 bits per heavy atom. The Kier molecular flexibility index (Phi) is 3.19. The van der Waals surface area contributed by atoms with Gasteiger partial charge in [-0.2, -0.15) is 0 Å². The molecule has 1 spiro atoms. The van der Waals surface area contributed by atoms with Crippen molar-refractivity contribution in [3.8, 4) is 0 Å². The monoisotopic (exact) mass is 361 g/mol. The number of carbonyl (C=O) groups is 1. The number of carbonyl (C=O) groups excluding carboxylic acids is 1. The summed E-state index contributed by atoms with van der Waals surface area (Å²) in [6.45, 7) is 1.06. The quantitative estimate of drug-likeness (QED) is 0.700. The number of halogens is 2. The van der Waals surface area contributed by atoms with Gasteiger partial charge in [-0.3, -0.25) is 4.90 Å². The summed E-state index contributed by atoms with van der Waals surface area (Å²) < 4.78 is 5.88. The Labute approximate surface area is 150 Å². The summed E-state index contributed by atoms with van der Waals surface area (Å²) in [5.74, 6) is -0.206. The highest BCUT2D eigenvalue weighted by Crippen LogP contribution is 2.55. The first-order valence-electron chi connectivity index (χ1n) is 8.46. The van der Waals surface area contributed by atoms with Crippen LogP contribution in [0.5, 0.6) is 0 Å². The zero-order valence-corrected chi connectivity index (χ0v) is 14.6. The molecule has 5 rings (SSSR count). The van der Waals surface area contributed by atoms with Crippen LogP contribution in [-0.2, 0) is 9.53 Å². The molecule has 0 unspecified atom stereocenters. The highest BCUT2D eigenvalue weighted by atomic mass is 35.5. The Morgan fingerprint density at radius 1 is 1.17 bits per heavy atom. The topological polar surface area (TPSA) is 29.5 Å². The second kappa shape index (κ2) is 5.10. The van der Waals surface area contributed by atoms with Gasteiger partial charge in [0, 0.05) is 24.1 Å². The molecule has 0 aromatic heterocycles. The molecule has 2 fully saturated rings. The fraction of sp³-hybridized carbons (Fsp3) is 0.421. The van der Waals surface area contributed by atoms with Gasteiger partial charge in [-0.05, 0) is 48.7 Å². The fourth-order valence-electron chi connectivity index (χ4n) is 4.97. The van der Waals surface area contributed by atoms with E-state index in [0.29, 0.717) is 16.1 Å². The molecule has 2 saturated heterocycles. The van der Waals surface area contributed by atoms with E-state index in [4.69, 9.17) is 27.9 Å².